The Morgan fingerprint density at radius 2 is 2.45 bits per heavy atom. The fraction of sp³-hybridized carbons (Fsp3) is 0. The molecule has 4 nitrogen and oxygen atoms in total. The molecule has 0 fully saturated rings. The third kappa shape index (κ3) is 1.52. The Balaban J connectivity index is 3.78. The van der Waals surface area contributed by atoms with E-state index in [1.165, 1.54) is 6.07 Å². The van der Waals surface area contributed by atoms with Crippen LogP contribution < -0.4 is 0 Å². The number of nitro groups is 1. The molecular formula is C7H4N2O2. The second-order valence-electron chi connectivity index (χ2n) is 1.59. The highest BCUT2D eigenvalue weighted by atomic mass is 16.6. The largest absolute Gasteiger partial charge is 0.270 e. The van der Waals surface area contributed by atoms with Crippen molar-refractivity contribution >= 4 is 5.69 Å². The minimum atomic E-state index is -0.997. The fourth-order valence-electron chi connectivity index (χ4n) is 0.481. The van der Waals surface area contributed by atoms with Crippen molar-refractivity contribution < 1.29 is 10.4 Å². The standard InChI is InChI=1S/C7H4N2O2/c8-5-6-2-1-3-7(4-6)9(10)11/h1-4H/i1D,2D,3D,4D. The van der Waals surface area contributed by atoms with Crippen molar-refractivity contribution in [3.63, 3.8) is 0 Å². The molecule has 1 aromatic rings. The first kappa shape index (κ1) is 3.49. The van der Waals surface area contributed by atoms with Crippen LogP contribution in [0.25, 0.3) is 0 Å². The van der Waals surface area contributed by atoms with Gasteiger partial charge in [0, 0.05) is 12.1 Å². The van der Waals surface area contributed by atoms with Gasteiger partial charge in [-0.1, -0.05) is 6.04 Å². The van der Waals surface area contributed by atoms with Crippen molar-refractivity contribution in [1.82, 2.24) is 0 Å². The molecule has 0 atom stereocenters. The Bertz CT molecular complexity index is 495. The number of nitrogens with zero attached hydrogens (tertiary/aromatic N) is 2. The fourth-order valence-corrected chi connectivity index (χ4v) is 0.481. The van der Waals surface area contributed by atoms with Gasteiger partial charge in [-0.15, -0.1) is 0 Å². The third-order valence-electron chi connectivity index (χ3n) is 0.906. The molecule has 11 heavy (non-hydrogen) atoms. The SMILES string of the molecule is [2H]c1c([2H])c(C#N)c([2H])c([N+](=O)[O-])c1[2H]. The number of nitriles is 1. The van der Waals surface area contributed by atoms with Crippen LogP contribution in [0.2, 0.25) is 0 Å². The highest BCUT2D eigenvalue weighted by molar-refractivity contribution is 5.40. The van der Waals surface area contributed by atoms with Crippen LogP contribution in [-0.2, 0) is 0 Å². The molecule has 0 spiro atoms. The second-order valence-corrected chi connectivity index (χ2v) is 1.59. The summed E-state index contributed by atoms with van der Waals surface area (Å²) in [4.78, 5) is 9.49. The van der Waals surface area contributed by atoms with Gasteiger partial charge in [0.05, 0.1) is 22.0 Å². The number of hydrogen-bond donors (Lipinski definition) is 0. The Labute approximate surface area is 68.5 Å². The molecule has 0 aliphatic rings. The quantitative estimate of drug-likeness (QED) is 0.452. The molecular weight excluding hydrogens is 144 g/mol. The van der Waals surface area contributed by atoms with Gasteiger partial charge in [0.15, 0.2) is 0 Å². The summed E-state index contributed by atoms with van der Waals surface area (Å²) in [6.45, 7) is 0. The van der Waals surface area contributed by atoms with Crippen LogP contribution in [-0.4, -0.2) is 4.92 Å². The lowest BCUT2D eigenvalue weighted by molar-refractivity contribution is -0.384. The number of benzene rings is 1. The zero-order valence-electron chi connectivity index (χ0n) is 9.21. The maximum Gasteiger partial charge on any atom is 0.270 e. The summed E-state index contributed by atoms with van der Waals surface area (Å²) in [5.41, 5.74) is -1.46. The summed E-state index contributed by atoms with van der Waals surface area (Å²) in [7, 11) is 0. The average Bonchev–Trinajstić information content (AvgIpc) is 2.15. The molecule has 0 saturated carbocycles. The first-order valence-corrected chi connectivity index (χ1v) is 2.56. The van der Waals surface area contributed by atoms with E-state index in [1.807, 2.05) is 0 Å². The molecule has 0 bridgehead atoms. The molecule has 0 aliphatic heterocycles. The Morgan fingerprint density at radius 3 is 3.00 bits per heavy atom. The summed E-state index contributed by atoms with van der Waals surface area (Å²) in [6, 6.07) is -1.49. The van der Waals surface area contributed by atoms with E-state index >= 15 is 0 Å². The summed E-state index contributed by atoms with van der Waals surface area (Å²) in [6.07, 6.45) is 0. The van der Waals surface area contributed by atoms with Crippen molar-refractivity contribution in [2.45, 2.75) is 0 Å². The van der Waals surface area contributed by atoms with Crippen LogP contribution in [0, 0.1) is 21.4 Å². The molecule has 0 amide bonds. The lowest BCUT2D eigenvalue weighted by Crippen LogP contribution is -1.87. The average molecular weight is 152 g/mol. The third-order valence-corrected chi connectivity index (χ3v) is 0.906. The highest BCUT2D eigenvalue weighted by Gasteiger charge is 2.03. The molecule has 4 heteroatoms. The molecule has 0 N–H and O–H groups in total. The molecule has 0 unspecified atom stereocenters. The topological polar surface area (TPSA) is 66.9 Å². The van der Waals surface area contributed by atoms with Gasteiger partial charge in [0.1, 0.15) is 0 Å². The Morgan fingerprint density at radius 1 is 1.73 bits per heavy atom. The van der Waals surface area contributed by atoms with Gasteiger partial charge in [0.25, 0.3) is 5.69 Å². The van der Waals surface area contributed by atoms with Gasteiger partial charge >= 0.3 is 0 Å². The predicted octanol–water partition coefficient (Wildman–Crippen LogP) is 1.47. The Hall–Kier alpha value is -1.89. The molecule has 54 valence electrons. The summed E-state index contributed by atoms with van der Waals surface area (Å²) < 4.78 is 28.9. The first-order chi connectivity index (χ1) is 6.91. The molecule has 0 heterocycles. The number of hydrogen-bond acceptors (Lipinski definition) is 3. The van der Waals surface area contributed by atoms with E-state index < -0.39 is 40.3 Å². The molecule has 1 aromatic carbocycles. The van der Waals surface area contributed by atoms with Crippen molar-refractivity contribution in [2.75, 3.05) is 0 Å². The van der Waals surface area contributed by atoms with Gasteiger partial charge in [-0.05, 0) is 6.04 Å². The van der Waals surface area contributed by atoms with Crippen LogP contribution in [0.1, 0.15) is 11.0 Å². The number of rotatable bonds is 1. The molecule has 0 aromatic heterocycles. The zero-order valence-corrected chi connectivity index (χ0v) is 5.21. The lowest BCUT2D eigenvalue weighted by Gasteiger charge is -1.89. The normalized spacial score (nSPS) is 13.7. The molecule has 1 rings (SSSR count). The van der Waals surface area contributed by atoms with Gasteiger partial charge in [-0.3, -0.25) is 10.1 Å². The maximum atomic E-state index is 10.5. The minimum Gasteiger partial charge on any atom is -0.258 e. The second kappa shape index (κ2) is 2.80. The van der Waals surface area contributed by atoms with E-state index in [-0.39, 0.29) is 0 Å². The van der Waals surface area contributed by atoms with E-state index in [1.54, 1.807) is 0 Å². The summed E-state index contributed by atoms with van der Waals surface area (Å²) in [5.74, 6) is 0. The minimum absolute atomic E-state index is 0.553. The maximum absolute atomic E-state index is 10.5. The lowest BCUT2D eigenvalue weighted by atomic mass is 10.2. The monoisotopic (exact) mass is 152 g/mol. The Kier molecular flexibility index (Phi) is 0.886. The summed E-state index contributed by atoms with van der Waals surface area (Å²) >= 11 is 0. The van der Waals surface area contributed by atoms with E-state index in [2.05, 4.69) is 0 Å². The van der Waals surface area contributed by atoms with Crippen LogP contribution in [0.3, 0.4) is 0 Å². The van der Waals surface area contributed by atoms with Gasteiger partial charge < -0.3 is 0 Å². The van der Waals surface area contributed by atoms with E-state index in [0.29, 0.717) is 0 Å². The van der Waals surface area contributed by atoms with E-state index in [4.69, 9.17) is 10.7 Å². The van der Waals surface area contributed by atoms with Crippen LogP contribution in [0.15, 0.2) is 24.2 Å². The van der Waals surface area contributed by atoms with E-state index in [0.717, 1.165) is 0 Å². The highest BCUT2D eigenvalue weighted by Crippen LogP contribution is 2.11. The van der Waals surface area contributed by atoms with Gasteiger partial charge in [-0.25, -0.2) is 0 Å². The zero-order chi connectivity index (χ0) is 11.7. The van der Waals surface area contributed by atoms with Gasteiger partial charge in [-0.2, -0.15) is 5.26 Å². The molecule has 0 aliphatic carbocycles. The molecule has 0 radical (unpaired) electrons. The predicted molar refractivity (Wildman–Crippen MR) is 37.8 cm³/mol. The van der Waals surface area contributed by atoms with Crippen LogP contribution in [0.4, 0.5) is 5.69 Å². The molecule has 0 saturated heterocycles. The van der Waals surface area contributed by atoms with Gasteiger partial charge in [0.2, 0.25) is 0 Å². The van der Waals surface area contributed by atoms with Crippen molar-refractivity contribution in [1.29, 1.82) is 5.26 Å². The van der Waals surface area contributed by atoms with Crippen molar-refractivity contribution in [3.8, 4) is 6.07 Å². The van der Waals surface area contributed by atoms with Crippen LogP contribution in [0.5, 0.6) is 0 Å². The van der Waals surface area contributed by atoms with Crippen molar-refractivity contribution in [3.05, 3.63) is 39.8 Å². The number of nitro benzene ring substituents is 1. The first-order valence-electron chi connectivity index (χ1n) is 4.56. The van der Waals surface area contributed by atoms with Crippen molar-refractivity contribution in [2.24, 2.45) is 0 Å². The van der Waals surface area contributed by atoms with Crippen LogP contribution >= 0.6 is 0 Å². The smallest absolute Gasteiger partial charge is 0.258 e. The summed E-state index contributed by atoms with van der Waals surface area (Å²) in [5, 5.41) is 19.0. The van der Waals surface area contributed by atoms with E-state index in [9.17, 15) is 10.1 Å².